The lowest BCUT2D eigenvalue weighted by atomic mass is 9.99. The summed E-state index contributed by atoms with van der Waals surface area (Å²) in [5.41, 5.74) is 0. The van der Waals surface area contributed by atoms with Gasteiger partial charge in [-0.2, -0.15) is 0 Å². The van der Waals surface area contributed by atoms with Crippen LogP contribution in [0.5, 0.6) is 0 Å². The highest BCUT2D eigenvalue weighted by molar-refractivity contribution is 4.72. The van der Waals surface area contributed by atoms with Crippen molar-refractivity contribution in [3.63, 3.8) is 0 Å². The van der Waals surface area contributed by atoms with Crippen LogP contribution in [0.4, 0.5) is 0 Å². The van der Waals surface area contributed by atoms with E-state index in [1.54, 1.807) is 0 Å². The van der Waals surface area contributed by atoms with Gasteiger partial charge in [0.1, 0.15) is 0 Å². The number of ether oxygens (including phenoxy) is 2. The van der Waals surface area contributed by atoms with Gasteiger partial charge in [0.25, 0.3) is 0 Å². The first-order chi connectivity index (χ1) is 7.88. The van der Waals surface area contributed by atoms with Crippen molar-refractivity contribution in [3.8, 4) is 0 Å². The van der Waals surface area contributed by atoms with Crippen molar-refractivity contribution in [2.45, 2.75) is 32.0 Å². The Bertz CT molecular complexity index is 195. The van der Waals surface area contributed by atoms with Crippen LogP contribution < -0.4 is 0 Å². The minimum Gasteiger partial charge on any atom is -0.396 e. The number of hydrogen-bond acceptors (Lipinski definition) is 4. The van der Waals surface area contributed by atoms with Gasteiger partial charge in [-0.3, -0.25) is 0 Å². The van der Waals surface area contributed by atoms with Gasteiger partial charge in [0.05, 0.1) is 13.2 Å². The molecule has 0 aliphatic carbocycles. The molecule has 0 spiro atoms. The highest BCUT2D eigenvalue weighted by Gasteiger charge is 2.21. The van der Waals surface area contributed by atoms with Crippen molar-refractivity contribution >= 4 is 0 Å². The molecule has 1 N–H and O–H groups in total. The van der Waals surface area contributed by atoms with Gasteiger partial charge in [-0.25, -0.2) is 0 Å². The van der Waals surface area contributed by atoms with Crippen molar-refractivity contribution in [1.82, 2.24) is 4.90 Å². The summed E-state index contributed by atoms with van der Waals surface area (Å²) in [7, 11) is 0. The molecule has 94 valence electrons. The Morgan fingerprint density at radius 3 is 2.75 bits per heavy atom. The highest BCUT2D eigenvalue weighted by Crippen LogP contribution is 2.17. The summed E-state index contributed by atoms with van der Waals surface area (Å²) in [6.45, 7) is 5.22. The zero-order valence-electron chi connectivity index (χ0n) is 9.94. The third kappa shape index (κ3) is 3.70. The van der Waals surface area contributed by atoms with Gasteiger partial charge >= 0.3 is 0 Å². The summed E-state index contributed by atoms with van der Waals surface area (Å²) < 4.78 is 11.0. The highest BCUT2D eigenvalue weighted by atomic mass is 16.7. The Balaban J connectivity index is 1.64. The summed E-state index contributed by atoms with van der Waals surface area (Å²) in [5.74, 6) is 0.474. The molecule has 0 aromatic carbocycles. The second-order valence-corrected chi connectivity index (χ2v) is 4.80. The third-order valence-corrected chi connectivity index (χ3v) is 3.44. The van der Waals surface area contributed by atoms with Crippen LogP contribution in [-0.4, -0.2) is 55.8 Å². The molecule has 0 saturated carbocycles. The molecule has 1 atom stereocenters. The number of aliphatic hydroxyl groups is 1. The van der Waals surface area contributed by atoms with Crippen LogP contribution in [-0.2, 0) is 9.47 Å². The largest absolute Gasteiger partial charge is 0.396 e. The monoisotopic (exact) mass is 229 g/mol. The molecule has 4 nitrogen and oxygen atoms in total. The number of likely N-dealkylation sites (tertiary alicyclic amines) is 1. The van der Waals surface area contributed by atoms with Crippen molar-refractivity contribution < 1.29 is 14.6 Å². The molecule has 16 heavy (non-hydrogen) atoms. The predicted molar refractivity (Wildman–Crippen MR) is 61.2 cm³/mol. The smallest absolute Gasteiger partial charge is 0.158 e. The van der Waals surface area contributed by atoms with Crippen molar-refractivity contribution in [2.24, 2.45) is 5.92 Å². The molecule has 4 heteroatoms. The average molecular weight is 229 g/mol. The molecule has 0 radical (unpaired) electrons. The van der Waals surface area contributed by atoms with E-state index >= 15 is 0 Å². The van der Waals surface area contributed by atoms with Crippen LogP contribution in [0.15, 0.2) is 0 Å². The molecule has 2 aliphatic rings. The van der Waals surface area contributed by atoms with E-state index in [0.29, 0.717) is 12.5 Å². The average Bonchev–Trinajstić information content (AvgIpc) is 2.38. The zero-order valence-corrected chi connectivity index (χ0v) is 9.94. The summed E-state index contributed by atoms with van der Waals surface area (Å²) >= 11 is 0. The van der Waals surface area contributed by atoms with Crippen molar-refractivity contribution in [1.29, 1.82) is 0 Å². The van der Waals surface area contributed by atoms with Crippen molar-refractivity contribution in [3.05, 3.63) is 0 Å². The van der Waals surface area contributed by atoms with Gasteiger partial charge in [-0.15, -0.1) is 0 Å². The van der Waals surface area contributed by atoms with Gasteiger partial charge < -0.3 is 19.5 Å². The molecule has 2 aliphatic heterocycles. The van der Waals surface area contributed by atoms with Gasteiger partial charge in [0, 0.05) is 26.1 Å². The van der Waals surface area contributed by atoms with Crippen LogP contribution in [0, 0.1) is 5.92 Å². The SMILES string of the molecule is OCC1CCCN(CCC2OCCCO2)C1. The maximum Gasteiger partial charge on any atom is 0.158 e. The van der Waals surface area contributed by atoms with E-state index in [9.17, 15) is 0 Å². The Kier molecular flexibility index (Phi) is 5.03. The lowest BCUT2D eigenvalue weighted by Gasteiger charge is -2.33. The van der Waals surface area contributed by atoms with E-state index in [-0.39, 0.29) is 6.29 Å². The van der Waals surface area contributed by atoms with E-state index in [0.717, 1.165) is 45.7 Å². The fourth-order valence-corrected chi connectivity index (χ4v) is 2.49. The number of rotatable bonds is 4. The Morgan fingerprint density at radius 2 is 2.00 bits per heavy atom. The number of aliphatic hydroxyl groups excluding tert-OH is 1. The quantitative estimate of drug-likeness (QED) is 0.776. The number of piperidine rings is 1. The zero-order chi connectivity index (χ0) is 11.2. The standard InChI is InChI=1S/C12H23NO3/c14-10-11-3-1-5-13(9-11)6-4-12-15-7-2-8-16-12/h11-12,14H,1-10H2. The first-order valence-corrected chi connectivity index (χ1v) is 6.45. The fourth-order valence-electron chi connectivity index (χ4n) is 2.49. The van der Waals surface area contributed by atoms with Gasteiger partial charge in [-0.05, 0) is 31.7 Å². The van der Waals surface area contributed by atoms with Gasteiger partial charge in [0.2, 0.25) is 0 Å². The third-order valence-electron chi connectivity index (χ3n) is 3.44. The van der Waals surface area contributed by atoms with Crippen LogP contribution >= 0.6 is 0 Å². The van der Waals surface area contributed by atoms with E-state index in [1.165, 1.54) is 12.8 Å². The lowest BCUT2D eigenvalue weighted by molar-refractivity contribution is -0.183. The maximum absolute atomic E-state index is 9.15. The Morgan fingerprint density at radius 1 is 1.19 bits per heavy atom. The summed E-state index contributed by atoms with van der Waals surface area (Å²) in [5, 5.41) is 9.15. The van der Waals surface area contributed by atoms with Gasteiger partial charge in [-0.1, -0.05) is 0 Å². The van der Waals surface area contributed by atoms with E-state index in [1.807, 2.05) is 0 Å². The Labute approximate surface area is 97.5 Å². The van der Waals surface area contributed by atoms with E-state index in [4.69, 9.17) is 14.6 Å². The summed E-state index contributed by atoms with van der Waals surface area (Å²) in [4.78, 5) is 2.42. The first-order valence-electron chi connectivity index (χ1n) is 6.45. The second kappa shape index (κ2) is 6.55. The molecule has 0 aromatic heterocycles. The first kappa shape index (κ1) is 12.3. The normalized spacial score (nSPS) is 29.4. The molecule has 0 amide bonds. The lowest BCUT2D eigenvalue weighted by Crippen LogP contribution is -2.39. The predicted octanol–water partition coefficient (Wildman–Crippen LogP) is 0.844. The minimum atomic E-state index is 0.00301. The summed E-state index contributed by atoms with van der Waals surface area (Å²) in [6.07, 6.45) is 4.36. The maximum atomic E-state index is 9.15. The molecule has 0 bridgehead atoms. The van der Waals surface area contributed by atoms with Crippen LogP contribution in [0.1, 0.15) is 25.7 Å². The molecular formula is C12H23NO3. The van der Waals surface area contributed by atoms with E-state index < -0.39 is 0 Å². The Hall–Kier alpha value is -0.160. The minimum absolute atomic E-state index is 0.00301. The molecule has 2 saturated heterocycles. The molecule has 1 unspecified atom stereocenters. The van der Waals surface area contributed by atoms with E-state index in [2.05, 4.69) is 4.90 Å². The van der Waals surface area contributed by atoms with Crippen molar-refractivity contribution in [2.75, 3.05) is 39.5 Å². The van der Waals surface area contributed by atoms with Gasteiger partial charge in [0.15, 0.2) is 6.29 Å². The van der Waals surface area contributed by atoms with Crippen LogP contribution in [0.25, 0.3) is 0 Å². The molecule has 0 aromatic rings. The number of hydrogen-bond donors (Lipinski definition) is 1. The topological polar surface area (TPSA) is 41.9 Å². The summed E-state index contributed by atoms with van der Waals surface area (Å²) in [6, 6.07) is 0. The fraction of sp³-hybridized carbons (Fsp3) is 1.00. The second-order valence-electron chi connectivity index (χ2n) is 4.80. The van der Waals surface area contributed by atoms with Crippen LogP contribution in [0.3, 0.4) is 0 Å². The number of nitrogens with zero attached hydrogens (tertiary/aromatic N) is 1. The molecule has 2 fully saturated rings. The molecular weight excluding hydrogens is 206 g/mol. The van der Waals surface area contributed by atoms with Crippen LogP contribution in [0.2, 0.25) is 0 Å². The molecule has 2 heterocycles. The molecule has 2 rings (SSSR count).